The number of piperidine rings is 1. The van der Waals surface area contributed by atoms with Gasteiger partial charge in [-0.1, -0.05) is 16.8 Å². The van der Waals surface area contributed by atoms with E-state index >= 15 is 0 Å². The Balaban J connectivity index is 0.00000289. The molecule has 0 radical (unpaired) electrons. The highest BCUT2D eigenvalue weighted by Crippen LogP contribution is 2.35. The van der Waals surface area contributed by atoms with E-state index in [4.69, 9.17) is 16.3 Å². The number of hydrogen-bond acceptors (Lipinski definition) is 7. The summed E-state index contributed by atoms with van der Waals surface area (Å²) in [5.74, 6) is -0.171. The molecule has 4 aromatic heterocycles. The Kier molecular flexibility index (Phi) is 7.50. The number of ether oxygens (including phenoxy) is 1. The zero-order valence-electron chi connectivity index (χ0n) is 18.6. The van der Waals surface area contributed by atoms with E-state index in [1.807, 2.05) is 6.92 Å². The lowest BCUT2D eigenvalue weighted by molar-refractivity contribution is 0.114. The first-order chi connectivity index (χ1) is 16.5. The van der Waals surface area contributed by atoms with Crippen molar-refractivity contribution in [2.24, 2.45) is 0 Å². The van der Waals surface area contributed by atoms with Crippen LogP contribution in [0.25, 0.3) is 16.8 Å². The van der Waals surface area contributed by atoms with Gasteiger partial charge in [0.15, 0.2) is 6.10 Å². The molecule has 0 aliphatic carbocycles. The number of aliphatic hydroxyl groups excluding tert-OH is 1. The number of alkyl halides is 1. The molecule has 0 saturated carbocycles. The first-order valence-electron chi connectivity index (χ1n) is 10.8. The molecular weight excluding hydrogens is 503 g/mol. The summed E-state index contributed by atoms with van der Waals surface area (Å²) in [5, 5.41) is 26.1. The predicted octanol–water partition coefficient (Wildman–Crippen LogP) is 3.50. The van der Waals surface area contributed by atoms with Gasteiger partial charge in [-0.05, 0) is 38.1 Å². The van der Waals surface area contributed by atoms with Gasteiger partial charge in [-0.2, -0.15) is 5.10 Å². The van der Waals surface area contributed by atoms with Gasteiger partial charge in [-0.15, -0.1) is 17.5 Å². The topological polar surface area (TPSA) is 102 Å². The number of aromatic nitrogens is 6. The Morgan fingerprint density at radius 1 is 1.34 bits per heavy atom. The van der Waals surface area contributed by atoms with Crippen LogP contribution in [0.2, 0.25) is 5.02 Å². The van der Waals surface area contributed by atoms with Crippen LogP contribution in [0.5, 0.6) is 5.75 Å². The van der Waals surface area contributed by atoms with Gasteiger partial charge < -0.3 is 15.2 Å². The number of hydrogen-bond donors (Lipinski definition) is 2. The van der Waals surface area contributed by atoms with Gasteiger partial charge in [-0.25, -0.2) is 18.0 Å². The summed E-state index contributed by atoms with van der Waals surface area (Å²) in [6.45, 7) is 2.41. The number of aliphatic hydroxyl groups is 1. The molecule has 0 bridgehead atoms. The molecule has 1 fully saturated rings. The van der Waals surface area contributed by atoms with Gasteiger partial charge in [0.25, 0.3) is 0 Å². The number of rotatable bonds is 6. The van der Waals surface area contributed by atoms with Crippen LogP contribution in [-0.2, 0) is 0 Å². The second-order valence-corrected chi connectivity index (χ2v) is 8.52. The average Bonchev–Trinajstić information content (AvgIpc) is 3.41. The van der Waals surface area contributed by atoms with Crippen LogP contribution in [0.1, 0.15) is 30.0 Å². The Bertz CT molecular complexity index is 1320. The zero-order valence-corrected chi connectivity index (χ0v) is 20.2. The van der Waals surface area contributed by atoms with Crippen molar-refractivity contribution in [1.82, 2.24) is 34.9 Å². The molecule has 3 atom stereocenters. The lowest BCUT2D eigenvalue weighted by atomic mass is 10.0. The number of nitrogens with one attached hydrogen (secondary N) is 1. The summed E-state index contributed by atoms with van der Waals surface area (Å²) in [6.07, 6.45) is 2.93. The summed E-state index contributed by atoms with van der Waals surface area (Å²) in [7, 11) is 0. The summed E-state index contributed by atoms with van der Waals surface area (Å²) in [6, 6.07) is 4.00. The first kappa shape index (κ1) is 25.2. The molecule has 1 aliphatic heterocycles. The third-order valence-corrected chi connectivity index (χ3v) is 6.21. The molecule has 2 N–H and O–H groups in total. The molecule has 1 saturated heterocycles. The van der Waals surface area contributed by atoms with Crippen molar-refractivity contribution < 1.29 is 18.6 Å². The fraction of sp³-hybridized carbons (Fsp3) is 0.364. The Morgan fingerprint density at radius 2 is 2.17 bits per heavy atom. The summed E-state index contributed by atoms with van der Waals surface area (Å²) >= 11 is 6.35. The Labute approximate surface area is 210 Å². The van der Waals surface area contributed by atoms with Crippen molar-refractivity contribution in [3.8, 4) is 17.0 Å². The maximum absolute atomic E-state index is 14.5. The van der Waals surface area contributed by atoms with E-state index in [9.17, 15) is 13.9 Å². The van der Waals surface area contributed by atoms with Crippen molar-refractivity contribution >= 4 is 29.5 Å². The van der Waals surface area contributed by atoms with Crippen LogP contribution in [0.4, 0.5) is 8.78 Å². The molecule has 186 valence electrons. The highest BCUT2D eigenvalue weighted by atomic mass is 35.5. The van der Waals surface area contributed by atoms with E-state index in [0.29, 0.717) is 51.9 Å². The SMILES string of the molecule is Cc1c(-c2cc(OC(CO)c3ccc(F)cn3)c3c(Cl)cnn3c2)nnn1[C@@H]1CCNC[C@@H]1F.Cl. The summed E-state index contributed by atoms with van der Waals surface area (Å²) < 4.78 is 37.1. The molecular formula is C22H23Cl2F2N7O2. The quantitative estimate of drug-likeness (QED) is 0.397. The predicted molar refractivity (Wildman–Crippen MR) is 127 cm³/mol. The van der Waals surface area contributed by atoms with Crippen LogP contribution < -0.4 is 10.1 Å². The van der Waals surface area contributed by atoms with E-state index in [-0.39, 0.29) is 19.0 Å². The van der Waals surface area contributed by atoms with Gasteiger partial charge in [-0.3, -0.25) is 4.98 Å². The third kappa shape index (κ3) is 4.81. The van der Waals surface area contributed by atoms with E-state index < -0.39 is 30.7 Å². The van der Waals surface area contributed by atoms with Crippen LogP contribution in [-0.4, -0.2) is 60.6 Å². The van der Waals surface area contributed by atoms with Gasteiger partial charge in [0, 0.05) is 18.3 Å². The highest BCUT2D eigenvalue weighted by Gasteiger charge is 2.29. The maximum Gasteiger partial charge on any atom is 0.163 e. The van der Waals surface area contributed by atoms with E-state index in [0.717, 1.165) is 6.20 Å². The van der Waals surface area contributed by atoms with E-state index in [1.54, 1.807) is 21.5 Å². The minimum atomic E-state index is -1.07. The van der Waals surface area contributed by atoms with Gasteiger partial charge in [0.1, 0.15) is 28.9 Å². The van der Waals surface area contributed by atoms with E-state index in [1.165, 1.54) is 18.3 Å². The number of halogens is 4. The van der Waals surface area contributed by atoms with Crippen molar-refractivity contribution in [2.75, 3.05) is 19.7 Å². The fourth-order valence-electron chi connectivity index (χ4n) is 4.19. The standard InChI is InChI=1S/C22H22ClF2N7O2.ClH/c1-12-21(29-30-32(12)18-4-5-26-9-16(18)25)13-6-19(22-15(23)8-28-31(22)10-13)34-20(11-33)17-3-2-14(24)7-27-17;/h2-3,6-8,10,16,18,20,26,33H,4-5,9,11H2,1H3;1H/t16-,18+,20?;/m0./s1. The number of nitrogens with zero attached hydrogens (tertiary/aromatic N) is 6. The van der Waals surface area contributed by atoms with Gasteiger partial charge in [0.05, 0.1) is 41.5 Å². The van der Waals surface area contributed by atoms with E-state index in [2.05, 4.69) is 25.7 Å². The average molecular weight is 526 g/mol. The minimum Gasteiger partial charge on any atom is -0.479 e. The Hall–Kier alpha value is -2.86. The number of fused-ring (bicyclic) bond motifs is 1. The van der Waals surface area contributed by atoms with Crippen molar-refractivity contribution in [1.29, 1.82) is 0 Å². The minimum absolute atomic E-state index is 0. The molecule has 1 unspecified atom stereocenters. The molecule has 35 heavy (non-hydrogen) atoms. The molecule has 0 spiro atoms. The summed E-state index contributed by atoms with van der Waals surface area (Å²) in [5.41, 5.74) is 2.71. The molecule has 1 aliphatic rings. The second kappa shape index (κ2) is 10.4. The summed E-state index contributed by atoms with van der Waals surface area (Å²) in [4.78, 5) is 4.01. The Morgan fingerprint density at radius 3 is 2.89 bits per heavy atom. The first-order valence-corrected chi connectivity index (χ1v) is 11.2. The van der Waals surface area contributed by atoms with Crippen LogP contribution >= 0.6 is 24.0 Å². The zero-order chi connectivity index (χ0) is 23.8. The molecule has 5 heterocycles. The van der Waals surface area contributed by atoms with Crippen molar-refractivity contribution in [3.05, 3.63) is 59.0 Å². The van der Waals surface area contributed by atoms with Crippen LogP contribution in [0.3, 0.4) is 0 Å². The van der Waals surface area contributed by atoms with Crippen LogP contribution in [0, 0.1) is 12.7 Å². The maximum atomic E-state index is 14.5. The van der Waals surface area contributed by atoms with Gasteiger partial charge in [0.2, 0.25) is 0 Å². The molecule has 9 nitrogen and oxygen atoms in total. The molecule has 4 aromatic rings. The number of pyridine rings is 2. The molecule has 5 rings (SSSR count). The largest absolute Gasteiger partial charge is 0.479 e. The monoisotopic (exact) mass is 525 g/mol. The van der Waals surface area contributed by atoms with Crippen molar-refractivity contribution in [3.63, 3.8) is 0 Å². The molecule has 13 heteroatoms. The smallest absolute Gasteiger partial charge is 0.163 e. The fourth-order valence-corrected chi connectivity index (χ4v) is 4.42. The highest BCUT2D eigenvalue weighted by molar-refractivity contribution is 6.34. The molecule has 0 amide bonds. The normalized spacial score (nSPS) is 18.9. The second-order valence-electron chi connectivity index (χ2n) is 8.11. The lowest BCUT2D eigenvalue weighted by Gasteiger charge is -2.27. The van der Waals surface area contributed by atoms with Crippen LogP contribution in [0.15, 0.2) is 36.8 Å². The van der Waals surface area contributed by atoms with Gasteiger partial charge >= 0.3 is 0 Å². The van der Waals surface area contributed by atoms with Crippen molar-refractivity contribution in [2.45, 2.75) is 31.7 Å². The molecule has 0 aromatic carbocycles. The lowest BCUT2D eigenvalue weighted by Crippen LogP contribution is -2.39. The third-order valence-electron chi connectivity index (χ3n) is 5.94.